The fourth-order valence-electron chi connectivity index (χ4n) is 1.20. The molecule has 1 aromatic rings. The van der Waals surface area contributed by atoms with Crippen LogP contribution >= 0.6 is 0 Å². The fourth-order valence-corrected chi connectivity index (χ4v) is 1.20. The molecule has 1 aromatic carbocycles. The van der Waals surface area contributed by atoms with Gasteiger partial charge in [-0.1, -0.05) is 36.9 Å². The van der Waals surface area contributed by atoms with Crippen LogP contribution in [-0.4, -0.2) is 17.8 Å². The van der Waals surface area contributed by atoms with Gasteiger partial charge in [0.1, 0.15) is 0 Å². The Hall–Kier alpha value is -1.63. The summed E-state index contributed by atoms with van der Waals surface area (Å²) < 4.78 is 5.40. The van der Waals surface area contributed by atoms with Gasteiger partial charge >= 0.3 is 0 Å². The second kappa shape index (κ2) is 6.78. The number of hydrogen-bond acceptors (Lipinski definition) is 3. The van der Waals surface area contributed by atoms with Gasteiger partial charge in [-0.15, -0.1) is 0 Å². The van der Waals surface area contributed by atoms with Crippen molar-refractivity contribution in [3.63, 3.8) is 0 Å². The van der Waals surface area contributed by atoms with Crippen LogP contribution in [0.5, 0.6) is 0 Å². The van der Waals surface area contributed by atoms with Gasteiger partial charge in [0.2, 0.25) is 0 Å². The van der Waals surface area contributed by atoms with Crippen molar-refractivity contribution in [1.29, 1.82) is 5.26 Å². The van der Waals surface area contributed by atoms with Crippen molar-refractivity contribution in [1.82, 2.24) is 0 Å². The van der Waals surface area contributed by atoms with Crippen LogP contribution < -0.4 is 0 Å². The number of rotatable bonds is 6. The lowest BCUT2D eigenvalue weighted by Gasteiger charge is -2.07. The monoisotopic (exact) mass is 217 g/mol. The number of benzene rings is 1. The van der Waals surface area contributed by atoms with E-state index in [-0.39, 0.29) is 0 Å². The van der Waals surface area contributed by atoms with Crippen LogP contribution in [0.15, 0.2) is 42.5 Å². The predicted octanol–water partition coefficient (Wildman–Crippen LogP) is 2.03. The third kappa shape index (κ3) is 4.26. The molecule has 0 saturated carbocycles. The molecule has 0 spiro atoms. The first kappa shape index (κ1) is 12.4. The van der Waals surface area contributed by atoms with Crippen molar-refractivity contribution in [2.75, 3.05) is 6.61 Å². The summed E-state index contributed by atoms with van der Waals surface area (Å²) in [6, 6.07) is 11.6. The first-order valence-corrected chi connectivity index (χ1v) is 5.11. The summed E-state index contributed by atoms with van der Waals surface area (Å²) in [4.78, 5) is 0. The number of ether oxygens (including phenoxy) is 1. The van der Waals surface area contributed by atoms with Crippen LogP contribution in [-0.2, 0) is 11.3 Å². The molecule has 0 aliphatic heterocycles. The molecule has 0 bridgehead atoms. The molecule has 0 heterocycles. The third-order valence-corrected chi connectivity index (χ3v) is 2.19. The predicted molar refractivity (Wildman–Crippen MR) is 61.5 cm³/mol. The summed E-state index contributed by atoms with van der Waals surface area (Å²) in [5, 5.41) is 17.6. The van der Waals surface area contributed by atoms with E-state index in [4.69, 9.17) is 15.1 Å². The minimum atomic E-state index is -1.08. The molecule has 0 fully saturated rings. The molecule has 0 aromatic heterocycles. The third-order valence-electron chi connectivity index (χ3n) is 2.19. The maximum absolute atomic E-state index is 9.13. The van der Waals surface area contributed by atoms with Crippen molar-refractivity contribution >= 4 is 0 Å². The highest BCUT2D eigenvalue weighted by atomic mass is 16.5. The van der Waals surface area contributed by atoms with E-state index in [9.17, 15) is 0 Å². The molecule has 3 nitrogen and oxygen atoms in total. The van der Waals surface area contributed by atoms with Gasteiger partial charge in [-0.3, -0.25) is 0 Å². The Morgan fingerprint density at radius 3 is 2.75 bits per heavy atom. The van der Waals surface area contributed by atoms with Gasteiger partial charge in [0, 0.05) is 0 Å². The van der Waals surface area contributed by atoms with Gasteiger partial charge in [0.05, 0.1) is 19.3 Å². The molecule has 0 radical (unpaired) electrons. The summed E-state index contributed by atoms with van der Waals surface area (Å²) in [6.45, 7) is 4.62. The number of nitrogens with zero attached hydrogens (tertiary/aromatic N) is 1. The maximum atomic E-state index is 9.13. The largest absolute Gasteiger partial charge is 0.376 e. The van der Waals surface area contributed by atoms with E-state index in [1.165, 1.54) is 0 Å². The standard InChI is InChI=1S/C13H15NO2/c1-11(13(15)9-14)7-8-16-10-12-5-3-2-4-6-12/h2-6,13,15H,1,7-8,10H2. The van der Waals surface area contributed by atoms with Crippen molar-refractivity contribution in [2.45, 2.75) is 19.1 Å². The summed E-state index contributed by atoms with van der Waals surface area (Å²) in [7, 11) is 0. The molecule has 1 rings (SSSR count). The van der Waals surface area contributed by atoms with E-state index >= 15 is 0 Å². The van der Waals surface area contributed by atoms with E-state index in [1.807, 2.05) is 30.3 Å². The molecule has 1 unspecified atom stereocenters. The molecule has 0 aliphatic rings. The zero-order valence-electron chi connectivity index (χ0n) is 9.10. The van der Waals surface area contributed by atoms with Gasteiger partial charge in [0.25, 0.3) is 0 Å². The highest BCUT2D eigenvalue weighted by molar-refractivity contribution is 5.13. The van der Waals surface area contributed by atoms with Gasteiger partial charge in [0.15, 0.2) is 6.10 Å². The van der Waals surface area contributed by atoms with Crippen molar-refractivity contribution < 1.29 is 9.84 Å². The van der Waals surface area contributed by atoms with Crippen molar-refractivity contribution in [3.8, 4) is 6.07 Å². The topological polar surface area (TPSA) is 53.2 Å². The van der Waals surface area contributed by atoms with Gasteiger partial charge in [-0.25, -0.2) is 0 Å². The molecule has 0 amide bonds. The second-order valence-corrected chi connectivity index (χ2v) is 3.48. The number of hydrogen-bond donors (Lipinski definition) is 1. The van der Waals surface area contributed by atoms with Crippen LogP contribution in [0.1, 0.15) is 12.0 Å². The molecule has 3 heteroatoms. The van der Waals surface area contributed by atoms with E-state index in [0.29, 0.717) is 25.2 Å². The molecule has 0 aliphatic carbocycles. The Morgan fingerprint density at radius 2 is 2.12 bits per heavy atom. The van der Waals surface area contributed by atoms with Crippen molar-refractivity contribution in [3.05, 3.63) is 48.0 Å². The van der Waals surface area contributed by atoms with E-state index in [2.05, 4.69) is 6.58 Å². The number of aliphatic hydroxyl groups is 1. The van der Waals surface area contributed by atoms with Crippen LogP contribution in [0.25, 0.3) is 0 Å². The van der Waals surface area contributed by atoms with Gasteiger partial charge < -0.3 is 9.84 Å². The average molecular weight is 217 g/mol. The summed E-state index contributed by atoms with van der Waals surface area (Å²) in [5.74, 6) is 0. The van der Waals surface area contributed by atoms with Crippen LogP contribution in [0.2, 0.25) is 0 Å². The zero-order valence-corrected chi connectivity index (χ0v) is 9.10. The highest BCUT2D eigenvalue weighted by Gasteiger charge is 2.05. The highest BCUT2D eigenvalue weighted by Crippen LogP contribution is 2.06. The molecule has 0 saturated heterocycles. The summed E-state index contributed by atoms with van der Waals surface area (Å²) in [5.41, 5.74) is 1.60. The lowest BCUT2D eigenvalue weighted by atomic mass is 10.1. The van der Waals surface area contributed by atoms with Crippen LogP contribution in [0.3, 0.4) is 0 Å². The SMILES string of the molecule is C=C(CCOCc1ccccc1)C(O)C#N. The Kier molecular flexibility index (Phi) is 5.27. The minimum absolute atomic E-state index is 0.465. The average Bonchev–Trinajstić information content (AvgIpc) is 2.34. The van der Waals surface area contributed by atoms with E-state index < -0.39 is 6.10 Å². The smallest absolute Gasteiger partial charge is 0.161 e. The van der Waals surface area contributed by atoms with E-state index in [1.54, 1.807) is 6.07 Å². The molecular weight excluding hydrogens is 202 g/mol. The van der Waals surface area contributed by atoms with Crippen molar-refractivity contribution in [2.24, 2.45) is 0 Å². The first-order valence-electron chi connectivity index (χ1n) is 5.11. The van der Waals surface area contributed by atoms with Crippen LogP contribution in [0, 0.1) is 11.3 Å². The number of nitriles is 1. The Balaban J connectivity index is 2.18. The molecule has 1 N–H and O–H groups in total. The lowest BCUT2D eigenvalue weighted by molar-refractivity contribution is 0.120. The van der Waals surface area contributed by atoms with E-state index in [0.717, 1.165) is 5.56 Å². The Labute approximate surface area is 95.6 Å². The van der Waals surface area contributed by atoms with Crippen LogP contribution in [0.4, 0.5) is 0 Å². The molecule has 84 valence electrons. The lowest BCUT2D eigenvalue weighted by Crippen LogP contribution is -2.08. The summed E-state index contributed by atoms with van der Waals surface area (Å²) >= 11 is 0. The normalized spacial score (nSPS) is 11.8. The fraction of sp³-hybridized carbons (Fsp3) is 0.308. The number of aliphatic hydroxyl groups excluding tert-OH is 1. The maximum Gasteiger partial charge on any atom is 0.161 e. The Bertz CT molecular complexity index is 367. The van der Waals surface area contributed by atoms with Gasteiger partial charge in [-0.05, 0) is 17.6 Å². The Morgan fingerprint density at radius 1 is 1.44 bits per heavy atom. The molecular formula is C13H15NO2. The first-order chi connectivity index (χ1) is 7.74. The van der Waals surface area contributed by atoms with Gasteiger partial charge in [-0.2, -0.15) is 5.26 Å². The molecule has 16 heavy (non-hydrogen) atoms. The zero-order chi connectivity index (χ0) is 11.8. The minimum Gasteiger partial charge on any atom is -0.376 e. The quantitative estimate of drug-likeness (QED) is 0.450. The second-order valence-electron chi connectivity index (χ2n) is 3.48. The molecule has 1 atom stereocenters. The summed E-state index contributed by atoms with van der Waals surface area (Å²) in [6.07, 6.45) is -0.581.